The minimum Gasteiger partial charge on any atom is -0.413 e. The van der Waals surface area contributed by atoms with Gasteiger partial charge in [-0.2, -0.15) is 0 Å². The van der Waals surface area contributed by atoms with Crippen LogP contribution in [0.3, 0.4) is 0 Å². The fourth-order valence-electron chi connectivity index (χ4n) is 1.21. The Morgan fingerprint density at radius 3 is 2.38 bits per heavy atom. The van der Waals surface area contributed by atoms with Crippen LogP contribution in [-0.2, 0) is 4.43 Å². The first kappa shape index (κ1) is 11.0. The predicted octanol–water partition coefficient (Wildman–Crippen LogP) is 1.85. The van der Waals surface area contributed by atoms with Crippen molar-refractivity contribution in [2.24, 2.45) is 0 Å². The molecule has 0 aromatic rings. The molecule has 0 saturated carbocycles. The number of hydrogen-bond acceptors (Lipinski definition) is 2. The molecule has 1 aliphatic carbocycles. The van der Waals surface area contributed by atoms with E-state index >= 15 is 0 Å². The Balaban J connectivity index is 2.38. The normalized spacial score (nSPS) is 30.8. The maximum atomic E-state index is 9.26. The first-order valence-electron chi connectivity index (χ1n) is 4.91. The maximum Gasteiger partial charge on any atom is 0.180 e. The topological polar surface area (TPSA) is 29.5 Å². The predicted molar refractivity (Wildman–Crippen MR) is 57.4 cm³/mol. The molecule has 0 fully saturated rings. The van der Waals surface area contributed by atoms with Gasteiger partial charge in [0.05, 0.1) is 12.2 Å². The van der Waals surface area contributed by atoms with Crippen molar-refractivity contribution in [1.82, 2.24) is 0 Å². The highest BCUT2D eigenvalue weighted by Crippen LogP contribution is 2.29. The van der Waals surface area contributed by atoms with Crippen LogP contribution in [0.1, 0.15) is 27.2 Å². The van der Waals surface area contributed by atoms with Crippen LogP contribution in [0.4, 0.5) is 0 Å². The Morgan fingerprint density at radius 2 is 2.00 bits per heavy atom. The van der Waals surface area contributed by atoms with Crippen LogP contribution in [0.25, 0.3) is 0 Å². The van der Waals surface area contributed by atoms with Crippen molar-refractivity contribution in [2.45, 2.75) is 51.0 Å². The lowest BCUT2D eigenvalue weighted by Gasteiger charge is -2.28. The summed E-state index contributed by atoms with van der Waals surface area (Å²) in [7, 11) is -1.13. The van der Waals surface area contributed by atoms with Gasteiger partial charge in [0.1, 0.15) is 0 Å². The van der Waals surface area contributed by atoms with Crippen LogP contribution in [0.5, 0.6) is 0 Å². The molecule has 0 spiro atoms. The Morgan fingerprint density at radius 1 is 1.38 bits per heavy atom. The lowest BCUT2D eigenvalue weighted by Crippen LogP contribution is -2.30. The summed E-state index contributed by atoms with van der Waals surface area (Å²) < 4.78 is 5.94. The fraction of sp³-hybridized carbons (Fsp3) is 0.800. The van der Waals surface area contributed by atoms with Gasteiger partial charge in [-0.25, -0.2) is 0 Å². The second-order valence-electron chi connectivity index (χ2n) is 4.87. The van der Waals surface area contributed by atoms with E-state index in [2.05, 4.69) is 27.3 Å². The van der Waals surface area contributed by atoms with E-state index in [1.54, 1.807) is 0 Å². The summed E-state index contributed by atoms with van der Waals surface area (Å²) >= 11 is 0. The molecule has 0 saturated heterocycles. The zero-order valence-electron chi connectivity index (χ0n) is 8.95. The molecule has 3 heteroatoms. The minimum absolute atomic E-state index is 0.163. The van der Waals surface area contributed by atoms with Gasteiger partial charge in [0.15, 0.2) is 9.04 Å². The third-order valence-electron chi connectivity index (χ3n) is 2.62. The smallest absolute Gasteiger partial charge is 0.180 e. The van der Waals surface area contributed by atoms with Crippen molar-refractivity contribution >= 4 is 9.04 Å². The highest BCUT2D eigenvalue weighted by Gasteiger charge is 2.27. The molecule has 2 nitrogen and oxygen atoms in total. The molecule has 0 radical (unpaired) electrons. The summed E-state index contributed by atoms with van der Waals surface area (Å²) in [6.07, 6.45) is 4.43. The van der Waals surface area contributed by atoms with Crippen molar-refractivity contribution in [1.29, 1.82) is 0 Å². The van der Waals surface area contributed by atoms with E-state index in [1.165, 1.54) is 0 Å². The Bertz CT molecular complexity index is 196. The van der Waals surface area contributed by atoms with Crippen molar-refractivity contribution in [3.05, 3.63) is 12.2 Å². The molecule has 0 aromatic carbocycles. The monoisotopic (exact) mass is 200 g/mol. The maximum absolute atomic E-state index is 9.26. The SMILES string of the molecule is C[SiH](OC1C=CC(O)C1)C(C)(C)C. The summed E-state index contributed by atoms with van der Waals surface area (Å²) in [5, 5.41) is 9.57. The second-order valence-corrected chi connectivity index (χ2v) is 8.16. The number of rotatable bonds is 2. The summed E-state index contributed by atoms with van der Waals surface area (Å²) in [5.74, 6) is 0. The Labute approximate surface area is 82.3 Å². The van der Waals surface area contributed by atoms with E-state index in [-0.39, 0.29) is 12.2 Å². The van der Waals surface area contributed by atoms with E-state index in [1.807, 2.05) is 12.2 Å². The first-order valence-corrected chi connectivity index (χ1v) is 7.12. The van der Waals surface area contributed by atoms with Gasteiger partial charge in [-0.15, -0.1) is 0 Å². The molecule has 0 aromatic heterocycles. The molecular weight excluding hydrogens is 180 g/mol. The molecule has 0 amide bonds. The Hall–Kier alpha value is -0.123. The van der Waals surface area contributed by atoms with E-state index < -0.39 is 9.04 Å². The van der Waals surface area contributed by atoms with Crippen molar-refractivity contribution in [3.8, 4) is 0 Å². The van der Waals surface area contributed by atoms with Gasteiger partial charge in [0.25, 0.3) is 0 Å². The molecule has 1 aliphatic rings. The molecule has 3 atom stereocenters. The zero-order valence-corrected chi connectivity index (χ0v) is 10.1. The average Bonchev–Trinajstić information content (AvgIpc) is 2.33. The highest BCUT2D eigenvalue weighted by atomic mass is 28.3. The quantitative estimate of drug-likeness (QED) is 0.544. The van der Waals surface area contributed by atoms with Gasteiger partial charge in [0, 0.05) is 6.42 Å². The second kappa shape index (κ2) is 3.94. The summed E-state index contributed by atoms with van der Waals surface area (Å²) in [5.41, 5.74) is 0. The third kappa shape index (κ3) is 3.25. The molecule has 1 N–H and O–H groups in total. The van der Waals surface area contributed by atoms with Crippen LogP contribution in [0, 0.1) is 0 Å². The highest BCUT2D eigenvalue weighted by molar-refractivity contribution is 6.53. The van der Waals surface area contributed by atoms with E-state index in [0.29, 0.717) is 5.04 Å². The fourth-order valence-corrected chi connectivity index (χ4v) is 2.35. The zero-order chi connectivity index (χ0) is 10.1. The van der Waals surface area contributed by atoms with E-state index in [9.17, 15) is 5.11 Å². The average molecular weight is 200 g/mol. The van der Waals surface area contributed by atoms with Gasteiger partial charge in [-0.3, -0.25) is 0 Å². The van der Waals surface area contributed by atoms with Gasteiger partial charge in [-0.05, 0) is 11.6 Å². The summed E-state index contributed by atoms with van der Waals surface area (Å²) in [4.78, 5) is 0. The van der Waals surface area contributed by atoms with Gasteiger partial charge >= 0.3 is 0 Å². The number of aliphatic hydroxyl groups excluding tert-OH is 1. The molecule has 0 heterocycles. The number of hydrogen-bond donors (Lipinski definition) is 1. The van der Waals surface area contributed by atoms with Crippen LogP contribution in [0.15, 0.2) is 12.2 Å². The standard InChI is InChI=1S/C10H20O2Si/c1-10(2,3)13(4)12-9-6-5-8(11)7-9/h5-6,8-9,11,13H,7H2,1-4H3. The summed E-state index contributed by atoms with van der Waals surface area (Å²) in [6.45, 7) is 8.88. The van der Waals surface area contributed by atoms with Gasteiger partial charge in [-0.1, -0.05) is 32.9 Å². The molecule has 3 unspecified atom stereocenters. The largest absolute Gasteiger partial charge is 0.413 e. The van der Waals surface area contributed by atoms with Crippen LogP contribution in [0.2, 0.25) is 11.6 Å². The van der Waals surface area contributed by atoms with Crippen LogP contribution < -0.4 is 0 Å². The van der Waals surface area contributed by atoms with Crippen molar-refractivity contribution in [3.63, 3.8) is 0 Å². The molecule has 0 bridgehead atoms. The lowest BCUT2D eigenvalue weighted by atomic mass is 10.2. The minimum atomic E-state index is -1.13. The van der Waals surface area contributed by atoms with Gasteiger partial charge in [0.2, 0.25) is 0 Å². The Kier molecular flexibility index (Phi) is 3.32. The molecule has 0 aliphatic heterocycles. The van der Waals surface area contributed by atoms with Crippen LogP contribution >= 0.6 is 0 Å². The van der Waals surface area contributed by atoms with E-state index in [4.69, 9.17) is 4.43 Å². The first-order chi connectivity index (χ1) is 5.89. The molecule has 13 heavy (non-hydrogen) atoms. The molecule has 1 rings (SSSR count). The molecular formula is C10H20O2Si. The number of aliphatic hydroxyl groups is 1. The van der Waals surface area contributed by atoms with Gasteiger partial charge < -0.3 is 9.53 Å². The van der Waals surface area contributed by atoms with Crippen LogP contribution in [-0.4, -0.2) is 26.4 Å². The lowest BCUT2D eigenvalue weighted by molar-refractivity contribution is 0.161. The third-order valence-corrected chi connectivity index (χ3v) is 5.82. The van der Waals surface area contributed by atoms with E-state index in [0.717, 1.165) is 6.42 Å². The van der Waals surface area contributed by atoms with Crippen molar-refractivity contribution < 1.29 is 9.53 Å². The summed E-state index contributed by atoms with van der Waals surface area (Å²) in [6, 6.07) is 0. The molecule has 76 valence electrons. The van der Waals surface area contributed by atoms with Crippen molar-refractivity contribution in [2.75, 3.05) is 0 Å².